The molecule has 3 rings (SSSR count). The van der Waals surface area contributed by atoms with Crippen LogP contribution in [0.25, 0.3) is 0 Å². The Bertz CT molecular complexity index is 542. The van der Waals surface area contributed by atoms with E-state index < -0.39 is 21.2 Å². The molecule has 0 amide bonds. The second kappa shape index (κ2) is 7.25. The van der Waals surface area contributed by atoms with Gasteiger partial charge in [0.05, 0.1) is 18.3 Å². The number of hydrogen-bond acceptors (Lipinski definition) is 5. The van der Waals surface area contributed by atoms with Crippen LogP contribution in [0.15, 0.2) is 0 Å². The molecule has 0 aromatic rings. The summed E-state index contributed by atoms with van der Waals surface area (Å²) in [6.07, 6.45) is 4.93. The number of nitrogens with zero attached hydrogens (tertiary/aromatic N) is 1. The van der Waals surface area contributed by atoms with Gasteiger partial charge in [0.15, 0.2) is 0 Å². The molecule has 5 unspecified atom stereocenters. The van der Waals surface area contributed by atoms with E-state index in [4.69, 9.17) is 10.5 Å². The van der Waals surface area contributed by atoms with Gasteiger partial charge < -0.3 is 10.5 Å². The van der Waals surface area contributed by atoms with E-state index in [0.29, 0.717) is 31.8 Å². The molecule has 2 N–H and O–H groups in total. The molecule has 6 nitrogen and oxygen atoms in total. The van der Waals surface area contributed by atoms with Crippen molar-refractivity contribution in [1.82, 2.24) is 4.31 Å². The van der Waals surface area contributed by atoms with Crippen LogP contribution in [-0.2, 0) is 19.6 Å². The van der Waals surface area contributed by atoms with Crippen LogP contribution in [0.1, 0.15) is 38.5 Å². The lowest BCUT2D eigenvalue weighted by molar-refractivity contribution is -0.146. The van der Waals surface area contributed by atoms with E-state index in [1.807, 2.05) is 0 Å². The predicted octanol–water partition coefficient (Wildman–Crippen LogP) is 1.14. The lowest BCUT2D eigenvalue weighted by Gasteiger charge is -2.32. The summed E-state index contributed by atoms with van der Waals surface area (Å²) in [5.41, 5.74) is 6.11. The normalized spacial score (nSPS) is 37.9. The fourth-order valence-electron chi connectivity index (χ4n) is 4.54. The summed E-state index contributed by atoms with van der Waals surface area (Å²) in [5, 5.41) is -0.622. The highest BCUT2D eigenvalue weighted by Crippen LogP contribution is 2.41. The molecule has 1 saturated heterocycles. The van der Waals surface area contributed by atoms with Crippen molar-refractivity contribution in [3.8, 4) is 0 Å². The van der Waals surface area contributed by atoms with Crippen molar-refractivity contribution in [2.24, 2.45) is 23.5 Å². The van der Waals surface area contributed by atoms with Gasteiger partial charge in [-0.15, -0.1) is 12.4 Å². The Hall–Kier alpha value is -0.370. The molecule has 0 aromatic carbocycles. The number of hydrogen-bond donors (Lipinski definition) is 1. The van der Waals surface area contributed by atoms with Gasteiger partial charge >= 0.3 is 5.97 Å². The molecule has 0 spiro atoms. The third kappa shape index (κ3) is 3.38. The molecule has 2 aliphatic carbocycles. The van der Waals surface area contributed by atoms with Gasteiger partial charge in [-0.3, -0.25) is 4.79 Å². The van der Waals surface area contributed by atoms with Gasteiger partial charge in [-0.25, -0.2) is 12.7 Å². The Morgan fingerprint density at radius 3 is 2.48 bits per heavy atom. The van der Waals surface area contributed by atoms with Crippen molar-refractivity contribution in [1.29, 1.82) is 0 Å². The monoisotopic (exact) mass is 366 g/mol. The van der Waals surface area contributed by atoms with Gasteiger partial charge in [0.1, 0.15) is 0 Å². The molecule has 23 heavy (non-hydrogen) atoms. The number of rotatable bonds is 3. The van der Waals surface area contributed by atoms with Crippen LogP contribution in [0.4, 0.5) is 0 Å². The van der Waals surface area contributed by atoms with Gasteiger partial charge in [0, 0.05) is 19.1 Å². The molecule has 134 valence electrons. The molecule has 1 heterocycles. The highest BCUT2D eigenvalue weighted by atomic mass is 35.5. The molecule has 0 aromatic heterocycles. The van der Waals surface area contributed by atoms with Gasteiger partial charge in [-0.2, -0.15) is 0 Å². The SMILES string of the molecule is COC(=O)C1CCCCC1S(=O)(=O)N1CC2CCC(N)C2C1.Cl. The Morgan fingerprint density at radius 1 is 1.13 bits per heavy atom. The molecule has 5 atom stereocenters. The first-order chi connectivity index (χ1) is 10.4. The van der Waals surface area contributed by atoms with E-state index in [2.05, 4.69) is 0 Å². The van der Waals surface area contributed by atoms with E-state index in [0.717, 1.165) is 25.7 Å². The summed E-state index contributed by atoms with van der Waals surface area (Å²) in [7, 11) is -2.12. The van der Waals surface area contributed by atoms with E-state index in [9.17, 15) is 13.2 Å². The molecule has 3 aliphatic rings. The Labute approximate surface area is 144 Å². The van der Waals surface area contributed by atoms with Crippen molar-refractivity contribution in [3.63, 3.8) is 0 Å². The summed E-state index contributed by atoms with van der Waals surface area (Å²) in [4.78, 5) is 12.0. The van der Waals surface area contributed by atoms with E-state index in [-0.39, 0.29) is 30.3 Å². The number of halogens is 1. The largest absolute Gasteiger partial charge is 0.469 e. The average Bonchev–Trinajstić information content (AvgIpc) is 3.09. The number of methoxy groups -OCH3 is 1. The van der Waals surface area contributed by atoms with Crippen LogP contribution >= 0.6 is 12.4 Å². The smallest absolute Gasteiger partial charge is 0.310 e. The second-order valence-corrected chi connectivity index (χ2v) is 9.13. The summed E-state index contributed by atoms with van der Waals surface area (Å²) < 4.78 is 32.5. The molecule has 1 aliphatic heterocycles. The lowest BCUT2D eigenvalue weighted by atomic mass is 9.89. The first kappa shape index (κ1) is 19.0. The number of nitrogens with two attached hydrogens (primary N) is 1. The predicted molar refractivity (Wildman–Crippen MR) is 89.7 cm³/mol. The third-order valence-electron chi connectivity index (χ3n) is 5.83. The fourth-order valence-corrected chi connectivity index (χ4v) is 6.83. The minimum absolute atomic E-state index is 0. The number of sulfonamides is 1. The van der Waals surface area contributed by atoms with Gasteiger partial charge in [0.25, 0.3) is 0 Å². The average molecular weight is 367 g/mol. The maximum atomic E-state index is 13.0. The van der Waals surface area contributed by atoms with E-state index >= 15 is 0 Å². The summed E-state index contributed by atoms with van der Waals surface area (Å²) in [6, 6.07) is 0.118. The first-order valence-electron chi connectivity index (χ1n) is 8.27. The van der Waals surface area contributed by atoms with Crippen molar-refractivity contribution in [3.05, 3.63) is 0 Å². The second-order valence-electron chi connectivity index (χ2n) is 6.98. The zero-order chi connectivity index (χ0) is 15.9. The number of fused-ring (bicyclic) bond motifs is 1. The summed E-state index contributed by atoms with van der Waals surface area (Å²) in [5.74, 6) is -0.220. The van der Waals surface area contributed by atoms with E-state index in [1.165, 1.54) is 7.11 Å². The van der Waals surface area contributed by atoms with Crippen LogP contribution in [0, 0.1) is 17.8 Å². The van der Waals surface area contributed by atoms with Crippen molar-refractivity contribution in [2.75, 3.05) is 20.2 Å². The molecule has 2 saturated carbocycles. The number of ether oxygens (including phenoxy) is 1. The maximum Gasteiger partial charge on any atom is 0.310 e. The maximum absolute atomic E-state index is 13.0. The van der Waals surface area contributed by atoms with Crippen LogP contribution < -0.4 is 5.73 Å². The topological polar surface area (TPSA) is 89.7 Å². The Balaban J connectivity index is 0.00000192. The minimum Gasteiger partial charge on any atom is -0.469 e. The van der Waals surface area contributed by atoms with E-state index in [1.54, 1.807) is 4.31 Å². The zero-order valence-electron chi connectivity index (χ0n) is 13.5. The molecule has 0 bridgehead atoms. The van der Waals surface area contributed by atoms with Gasteiger partial charge in [-0.1, -0.05) is 12.8 Å². The Kier molecular flexibility index (Phi) is 5.98. The molecular formula is C15H27ClN2O4S. The van der Waals surface area contributed by atoms with Crippen molar-refractivity contribution in [2.45, 2.75) is 49.8 Å². The molecule has 0 radical (unpaired) electrons. The number of carbonyl (C=O) groups excluding carboxylic acids is 1. The highest BCUT2D eigenvalue weighted by molar-refractivity contribution is 7.89. The van der Waals surface area contributed by atoms with Crippen LogP contribution in [0.3, 0.4) is 0 Å². The standard InChI is InChI=1S/C15H26N2O4S.ClH/c1-21-15(18)11-4-2-3-5-14(11)22(19,20)17-8-10-6-7-13(16)12(10)9-17;/h10-14H,2-9,16H2,1H3;1H. The van der Waals surface area contributed by atoms with Crippen LogP contribution in [0.5, 0.6) is 0 Å². The number of carbonyl (C=O) groups is 1. The van der Waals surface area contributed by atoms with Crippen LogP contribution in [0.2, 0.25) is 0 Å². The quantitative estimate of drug-likeness (QED) is 0.756. The zero-order valence-corrected chi connectivity index (χ0v) is 15.2. The first-order valence-corrected chi connectivity index (χ1v) is 9.78. The van der Waals surface area contributed by atoms with Gasteiger partial charge in [0.2, 0.25) is 10.0 Å². The molecule has 3 fully saturated rings. The summed E-state index contributed by atoms with van der Waals surface area (Å²) in [6.45, 7) is 1.10. The summed E-state index contributed by atoms with van der Waals surface area (Å²) >= 11 is 0. The highest BCUT2D eigenvalue weighted by Gasteiger charge is 2.49. The number of esters is 1. The van der Waals surface area contributed by atoms with Crippen molar-refractivity contribution >= 4 is 28.4 Å². The van der Waals surface area contributed by atoms with Crippen LogP contribution in [-0.4, -0.2) is 50.2 Å². The fraction of sp³-hybridized carbons (Fsp3) is 0.933. The Morgan fingerprint density at radius 2 is 1.83 bits per heavy atom. The van der Waals surface area contributed by atoms with Gasteiger partial charge in [-0.05, 0) is 37.5 Å². The lowest BCUT2D eigenvalue weighted by Crippen LogP contribution is -2.46. The minimum atomic E-state index is -3.45. The molecular weight excluding hydrogens is 340 g/mol. The van der Waals surface area contributed by atoms with Crippen molar-refractivity contribution < 1.29 is 17.9 Å². The molecule has 8 heteroatoms. The third-order valence-corrected chi connectivity index (χ3v) is 8.18.